The van der Waals surface area contributed by atoms with Gasteiger partial charge in [-0.05, 0) is 19.1 Å². The van der Waals surface area contributed by atoms with E-state index in [0.717, 1.165) is 0 Å². The Labute approximate surface area is 69.8 Å². The molecule has 2 N–H and O–H groups in total. The highest BCUT2D eigenvalue weighted by atomic mass is 35.5. The summed E-state index contributed by atoms with van der Waals surface area (Å²) in [5.41, 5.74) is 0.843. The molecular formula is C6H7BClNO2. The molecule has 0 saturated heterocycles. The van der Waals surface area contributed by atoms with E-state index >= 15 is 0 Å². The molecule has 0 bridgehead atoms. The molecule has 0 amide bonds. The first-order valence-electron chi connectivity index (χ1n) is 3.10. The smallest absolute Gasteiger partial charge is 0.422 e. The van der Waals surface area contributed by atoms with Gasteiger partial charge in [-0.3, -0.25) is 4.98 Å². The second-order valence-electron chi connectivity index (χ2n) is 2.23. The highest BCUT2D eigenvalue weighted by Gasteiger charge is 2.13. The van der Waals surface area contributed by atoms with E-state index in [4.69, 9.17) is 21.6 Å². The zero-order valence-corrected chi connectivity index (χ0v) is 6.71. The topological polar surface area (TPSA) is 53.4 Å². The second kappa shape index (κ2) is 3.22. The van der Waals surface area contributed by atoms with E-state index in [1.165, 1.54) is 6.07 Å². The van der Waals surface area contributed by atoms with Gasteiger partial charge in [0.15, 0.2) is 0 Å². The zero-order valence-electron chi connectivity index (χ0n) is 5.95. The number of halogens is 1. The van der Waals surface area contributed by atoms with Crippen LogP contribution in [0, 0.1) is 6.92 Å². The number of hydrogen-bond donors (Lipinski definition) is 2. The molecule has 0 saturated carbocycles. The van der Waals surface area contributed by atoms with Crippen molar-refractivity contribution in [1.82, 2.24) is 4.98 Å². The van der Waals surface area contributed by atoms with Gasteiger partial charge in [-0.1, -0.05) is 11.6 Å². The summed E-state index contributed by atoms with van der Waals surface area (Å²) in [6.07, 6.45) is 0. The van der Waals surface area contributed by atoms with Crippen molar-refractivity contribution in [2.24, 2.45) is 0 Å². The number of aromatic nitrogens is 1. The van der Waals surface area contributed by atoms with E-state index in [1.807, 2.05) is 0 Å². The van der Waals surface area contributed by atoms with Crippen molar-refractivity contribution < 1.29 is 10.0 Å². The van der Waals surface area contributed by atoms with Crippen LogP contribution >= 0.6 is 11.6 Å². The lowest BCUT2D eigenvalue weighted by Crippen LogP contribution is -2.33. The Morgan fingerprint density at radius 2 is 2.09 bits per heavy atom. The van der Waals surface area contributed by atoms with Crippen molar-refractivity contribution in [3.05, 3.63) is 22.8 Å². The normalized spacial score (nSPS) is 9.82. The standard InChI is InChI=1S/C6H7BClNO2/c1-4-2-5(8)3-6(9-4)7(10)11/h2-3,10-11H,1H3. The third-order valence-electron chi connectivity index (χ3n) is 1.20. The fourth-order valence-electron chi connectivity index (χ4n) is 0.783. The van der Waals surface area contributed by atoms with Crippen molar-refractivity contribution in [2.45, 2.75) is 6.92 Å². The van der Waals surface area contributed by atoms with Crippen LogP contribution in [0.1, 0.15) is 5.69 Å². The van der Waals surface area contributed by atoms with E-state index in [1.54, 1.807) is 13.0 Å². The molecule has 0 aliphatic heterocycles. The van der Waals surface area contributed by atoms with Crippen molar-refractivity contribution in [1.29, 1.82) is 0 Å². The van der Waals surface area contributed by atoms with E-state index < -0.39 is 7.12 Å². The monoisotopic (exact) mass is 171 g/mol. The van der Waals surface area contributed by atoms with E-state index in [2.05, 4.69) is 4.98 Å². The average molecular weight is 171 g/mol. The molecule has 1 heterocycles. The summed E-state index contributed by atoms with van der Waals surface area (Å²) >= 11 is 5.63. The molecule has 0 aliphatic rings. The number of nitrogens with zero attached hydrogens (tertiary/aromatic N) is 1. The van der Waals surface area contributed by atoms with Gasteiger partial charge in [0.25, 0.3) is 0 Å². The third kappa shape index (κ3) is 2.18. The Bertz CT molecular complexity index is 247. The predicted molar refractivity (Wildman–Crippen MR) is 43.8 cm³/mol. The van der Waals surface area contributed by atoms with E-state index in [-0.39, 0.29) is 5.59 Å². The van der Waals surface area contributed by atoms with Gasteiger partial charge < -0.3 is 10.0 Å². The van der Waals surface area contributed by atoms with Crippen LogP contribution in [0.15, 0.2) is 12.1 Å². The molecule has 0 radical (unpaired) electrons. The maximum atomic E-state index is 8.71. The molecule has 1 rings (SSSR count). The molecule has 0 atom stereocenters. The largest absolute Gasteiger partial charge is 0.508 e. The molecular weight excluding hydrogens is 164 g/mol. The lowest BCUT2D eigenvalue weighted by molar-refractivity contribution is 0.424. The van der Waals surface area contributed by atoms with Gasteiger partial charge in [0.2, 0.25) is 0 Å². The molecule has 11 heavy (non-hydrogen) atoms. The van der Waals surface area contributed by atoms with Gasteiger partial charge >= 0.3 is 7.12 Å². The molecule has 0 spiro atoms. The molecule has 1 aromatic rings. The Hall–Kier alpha value is -0.575. The maximum Gasteiger partial charge on any atom is 0.508 e. The lowest BCUT2D eigenvalue weighted by Gasteiger charge is -2.00. The number of pyridine rings is 1. The van der Waals surface area contributed by atoms with E-state index in [9.17, 15) is 0 Å². The Balaban J connectivity index is 3.08. The van der Waals surface area contributed by atoms with Crippen molar-refractivity contribution in [3.63, 3.8) is 0 Å². The molecule has 0 aliphatic carbocycles. The fraction of sp³-hybridized carbons (Fsp3) is 0.167. The maximum absolute atomic E-state index is 8.71. The summed E-state index contributed by atoms with van der Waals surface area (Å²) in [7, 11) is -1.55. The first-order chi connectivity index (χ1) is 5.09. The molecule has 0 fully saturated rings. The molecule has 58 valence electrons. The van der Waals surface area contributed by atoms with Gasteiger partial charge in [-0.15, -0.1) is 0 Å². The summed E-state index contributed by atoms with van der Waals surface area (Å²) in [6, 6.07) is 3.06. The summed E-state index contributed by atoms with van der Waals surface area (Å²) in [6.45, 7) is 1.73. The molecule has 5 heteroatoms. The first-order valence-corrected chi connectivity index (χ1v) is 3.47. The summed E-state index contributed by atoms with van der Waals surface area (Å²) in [5, 5.41) is 17.9. The summed E-state index contributed by atoms with van der Waals surface area (Å²) in [5.74, 6) is 0. The molecule has 0 unspecified atom stereocenters. The average Bonchev–Trinajstić information content (AvgIpc) is 1.85. The summed E-state index contributed by atoms with van der Waals surface area (Å²) < 4.78 is 0. The highest BCUT2D eigenvalue weighted by molar-refractivity contribution is 6.57. The minimum atomic E-state index is -1.55. The SMILES string of the molecule is Cc1cc(Cl)cc(B(O)O)n1. The minimum absolute atomic E-state index is 0.176. The van der Waals surface area contributed by atoms with Gasteiger partial charge in [0.05, 0.1) is 5.59 Å². The van der Waals surface area contributed by atoms with Crippen LogP contribution < -0.4 is 5.59 Å². The van der Waals surface area contributed by atoms with Crippen molar-refractivity contribution in [2.75, 3.05) is 0 Å². The Kier molecular flexibility index (Phi) is 2.49. The van der Waals surface area contributed by atoms with Crippen LogP contribution in [0.4, 0.5) is 0 Å². The lowest BCUT2D eigenvalue weighted by atomic mass is 9.85. The number of rotatable bonds is 1. The Morgan fingerprint density at radius 3 is 2.55 bits per heavy atom. The quantitative estimate of drug-likeness (QED) is 0.572. The van der Waals surface area contributed by atoms with Crippen LogP contribution in [0.2, 0.25) is 5.02 Å². The van der Waals surface area contributed by atoms with Crippen molar-refractivity contribution >= 4 is 24.3 Å². The highest BCUT2D eigenvalue weighted by Crippen LogP contribution is 2.05. The first kappa shape index (κ1) is 8.52. The summed E-state index contributed by atoms with van der Waals surface area (Å²) in [4.78, 5) is 3.85. The van der Waals surface area contributed by atoms with Gasteiger partial charge in [-0.2, -0.15) is 0 Å². The minimum Gasteiger partial charge on any atom is -0.422 e. The predicted octanol–water partition coefficient (Wildman–Crippen LogP) is -0.277. The van der Waals surface area contributed by atoms with Gasteiger partial charge in [0.1, 0.15) is 0 Å². The van der Waals surface area contributed by atoms with Gasteiger partial charge in [0, 0.05) is 10.7 Å². The van der Waals surface area contributed by atoms with Gasteiger partial charge in [-0.25, -0.2) is 0 Å². The van der Waals surface area contributed by atoms with Crippen LogP contribution in [0.25, 0.3) is 0 Å². The van der Waals surface area contributed by atoms with Crippen LogP contribution in [-0.4, -0.2) is 22.2 Å². The number of hydrogen-bond acceptors (Lipinski definition) is 3. The van der Waals surface area contributed by atoms with Crippen LogP contribution in [0.5, 0.6) is 0 Å². The van der Waals surface area contributed by atoms with Crippen molar-refractivity contribution in [3.8, 4) is 0 Å². The zero-order chi connectivity index (χ0) is 8.43. The van der Waals surface area contributed by atoms with Crippen LogP contribution in [-0.2, 0) is 0 Å². The third-order valence-corrected chi connectivity index (χ3v) is 1.42. The molecule has 0 aromatic carbocycles. The number of aryl methyl sites for hydroxylation is 1. The second-order valence-corrected chi connectivity index (χ2v) is 2.66. The molecule has 3 nitrogen and oxygen atoms in total. The van der Waals surface area contributed by atoms with Crippen LogP contribution in [0.3, 0.4) is 0 Å². The molecule has 1 aromatic heterocycles. The Morgan fingerprint density at radius 1 is 1.45 bits per heavy atom. The fourth-order valence-corrected chi connectivity index (χ4v) is 1.05. The van der Waals surface area contributed by atoms with E-state index in [0.29, 0.717) is 10.7 Å².